The Morgan fingerprint density at radius 2 is 1.68 bits per heavy atom. The third kappa shape index (κ3) is 13.9. The molecule has 1 aromatic heterocycles. The maximum atomic E-state index is 15.2. The van der Waals surface area contributed by atoms with Gasteiger partial charge in [-0.05, 0) is 136 Å². The first-order valence-electron chi connectivity index (χ1n) is 30.1. The number of allylic oxidation sites excluding steroid dienone is 4. The number of esters is 1. The third-order valence-corrected chi connectivity index (χ3v) is 19.4. The molecule has 11 atom stereocenters. The van der Waals surface area contributed by atoms with Gasteiger partial charge in [0, 0.05) is 48.5 Å². The molecule has 18 heteroatoms. The topological polar surface area (TPSA) is 240 Å². The lowest BCUT2D eigenvalue weighted by atomic mass is 9.46. The molecule has 6 aliphatic rings. The smallest absolute Gasteiger partial charge is 0.456 e. The molecule has 1 unspecified atom stereocenters. The Kier molecular flexibility index (Phi) is 20.3. The van der Waals surface area contributed by atoms with Crippen molar-refractivity contribution in [2.24, 2.45) is 40.4 Å². The van der Waals surface area contributed by atoms with E-state index < -0.39 is 85.1 Å². The zero-order valence-corrected chi connectivity index (χ0v) is 49.2. The molecule has 2 heterocycles. The van der Waals surface area contributed by atoms with Gasteiger partial charge >= 0.3 is 13.8 Å². The van der Waals surface area contributed by atoms with Gasteiger partial charge in [0.1, 0.15) is 17.4 Å². The fourth-order valence-electron chi connectivity index (χ4n) is 14.8. The van der Waals surface area contributed by atoms with Gasteiger partial charge in [-0.1, -0.05) is 108 Å². The first-order valence-corrected chi connectivity index (χ1v) is 31.7. The number of aliphatic hydroxyl groups is 2. The zero-order chi connectivity index (χ0) is 58.2. The molecule has 2 aromatic carbocycles. The van der Waals surface area contributed by atoms with Gasteiger partial charge in [0.15, 0.2) is 43.2 Å². The molecule has 3 aromatic rings. The van der Waals surface area contributed by atoms with E-state index in [9.17, 15) is 38.9 Å². The van der Waals surface area contributed by atoms with Crippen LogP contribution < -0.4 is 19.7 Å². The molecule has 9 rings (SSSR count). The molecule has 1 amide bonds. The number of fused-ring (bicyclic) bond motifs is 7. The Balaban J connectivity index is 0.800. The number of carbonyl (C=O) groups excluding carboxylic acids is 4. The number of benzene rings is 2. The van der Waals surface area contributed by atoms with Crippen LogP contribution in [0.2, 0.25) is 0 Å². The number of Topliss-reactive ketones (excluding diaryl/α,β-unsaturated/α-hetero) is 1. The van der Waals surface area contributed by atoms with E-state index in [0.717, 1.165) is 102 Å². The number of aromatic nitrogens is 1. The van der Waals surface area contributed by atoms with E-state index in [-0.39, 0.29) is 60.3 Å². The Morgan fingerprint density at radius 1 is 0.927 bits per heavy atom. The SMILES string of the molecule is CC(C)[C@@H](NC(=O)c1ccc[n+](Cc2cc(C(O)CNCCCCCCOCCCCc3ccccc3)ccc2OP(=O)(O)O)c1)C(=O)OCC(=O)[C@@]12O[C@H](C3CCCCC3)O[C@@H]1C[C@H]1[C@@H]3CCC4=CC(=O)C=C[C@]4(C)[C@H]3[C@@H](O)C[C@@]12C. The lowest BCUT2D eigenvalue weighted by molar-refractivity contribution is -0.688. The molecule has 0 spiro atoms. The summed E-state index contributed by atoms with van der Waals surface area (Å²) < 4.78 is 44.4. The highest BCUT2D eigenvalue weighted by Gasteiger charge is 2.76. The molecule has 4 saturated carbocycles. The number of aliphatic hydroxyl groups excluding tert-OH is 2. The predicted octanol–water partition coefficient (Wildman–Crippen LogP) is 8.53. The molecule has 17 nitrogen and oxygen atoms in total. The Bertz CT molecular complexity index is 2830. The first kappa shape index (κ1) is 61.6. The van der Waals surface area contributed by atoms with Gasteiger partial charge in [-0.15, -0.1) is 0 Å². The summed E-state index contributed by atoms with van der Waals surface area (Å²) >= 11 is 0. The molecule has 1 saturated heterocycles. The Labute approximate surface area is 483 Å². The predicted molar refractivity (Wildman–Crippen MR) is 306 cm³/mol. The number of hydrogen-bond donors (Lipinski definition) is 6. The second-order valence-corrected chi connectivity index (χ2v) is 26.0. The number of amides is 1. The van der Waals surface area contributed by atoms with E-state index >= 15 is 4.79 Å². The lowest BCUT2D eigenvalue weighted by Gasteiger charge is -2.59. The summed E-state index contributed by atoms with van der Waals surface area (Å²) in [5, 5.41) is 29.6. The number of aryl methyl sites for hydroxylation is 1. The van der Waals surface area contributed by atoms with Crippen molar-refractivity contribution in [3.05, 3.63) is 119 Å². The summed E-state index contributed by atoms with van der Waals surface area (Å²) in [4.78, 5) is 75.5. The number of ketones is 2. The average Bonchev–Trinajstić information content (AvgIpc) is 1.57. The van der Waals surface area contributed by atoms with E-state index in [2.05, 4.69) is 41.8 Å². The van der Waals surface area contributed by atoms with Crippen LogP contribution >= 0.6 is 7.82 Å². The monoisotopic (exact) mass is 1150 g/mol. The summed E-state index contributed by atoms with van der Waals surface area (Å²) in [6.45, 7) is 9.49. The number of ether oxygens (including phenoxy) is 4. The highest BCUT2D eigenvalue weighted by Crippen LogP contribution is 2.70. The minimum atomic E-state index is -4.99. The van der Waals surface area contributed by atoms with Crippen LogP contribution in [-0.4, -0.2) is 106 Å². The quantitative estimate of drug-likeness (QED) is 0.0181. The molecule has 0 radical (unpaired) electrons. The molecule has 0 bridgehead atoms. The van der Waals surface area contributed by atoms with Crippen molar-refractivity contribution in [3.63, 3.8) is 0 Å². The number of nitrogens with one attached hydrogen (secondary N) is 2. The number of unbranched alkanes of at least 4 members (excludes halogenated alkanes) is 4. The van der Waals surface area contributed by atoms with Crippen LogP contribution in [0.15, 0.2) is 96.9 Å². The standard InChI is InChI=1S/C64H86N3O14P/c1-42(2)58(60(73)78-41-55(71)64-56(79-61(80-64)44-21-11-8-12-22-44)36-51-50-26-25-48-35-49(68)28-29-62(48,3)57(50)52(69)37-63(51,64)4)66-59(72)46-23-17-31-67(39-46)40-47-34-45(24-27-54(47)81-82(74,75)76)53(70)38-65-30-14-5-6-15-32-77-33-16-13-20-43-18-9-7-10-19-43/h7,9-10,17-19,23-24,27-29,31,34-35,39,42,44,50-53,56-58,61,65,69-70H,5-6,8,11-16,20-22,25-26,30,32-33,36-38,40-41H2,1-4H3,(H2-,66,72,74,75,76)/p+1/t50-,51-,52-,53?,56+,57+,58+,61+,62-,63-,64+/m0/s1. The number of nitrogens with zero attached hydrogens (tertiary/aromatic N) is 1. The van der Waals surface area contributed by atoms with Crippen molar-refractivity contribution in [2.75, 3.05) is 32.9 Å². The number of phosphoric ester groups is 1. The summed E-state index contributed by atoms with van der Waals surface area (Å²) in [5.74, 6) is -2.56. The van der Waals surface area contributed by atoms with Crippen LogP contribution in [-0.2, 0) is 50.9 Å². The minimum absolute atomic E-state index is 0.0105. The van der Waals surface area contributed by atoms with Gasteiger partial charge < -0.3 is 44.3 Å². The number of carbonyl (C=O) groups is 4. The summed E-state index contributed by atoms with van der Waals surface area (Å²) in [6, 6.07) is 17.1. The molecular weight excluding hydrogens is 1070 g/mol. The van der Waals surface area contributed by atoms with E-state index in [1.165, 1.54) is 17.8 Å². The Morgan fingerprint density at radius 3 is 2.44 bits per heavy atom. The van der Waals surface area contributed by atoms with Gasteiger partial charge in [0.25, 0.3) is 5.91 Å². The summed E-state index contributed by atoms with van der Waals surface area (Å²) in [5.41, 5.74) is 0.504. The highest BCUT2D eigenvalue weighted by molar-refractivity contribution is 7.46. The second-order valence-electron chi connectivity index (χ2n) is 24.8. The van der Waals surface area contributed by atoms with Crippen LogP contribution in [0.25, 0.3) is 0 Å². The normalized spacial score (nSPS) is 28.5. The van der Waals surface area contributed by atoms with Gasteiger partial charge in [-0.2, -0.15) is 4.57 Å². The van der Waals surface area contributed by atoms with Crippen LogP contribution in [0.3, 0.4) is 0 Å². The molecule has 82 heavy (non-hydrogen) atoms. The highest BCUT2D eigenvalue weighted by atomic mass is 31.2. The second kappa shape index (κ2) is 27.0. The fraction of sp³-hybridized carbons (Fsp3) is 0.609. The molecular formula is C64H87N3O14P+. The van der Waals surface area contributed by atoms with Crippen molar-refractivity contribution < 1.29 is 71.8 Å². The first-order chi connectivity index (χ1) is 39.3. The van der Waals surface area contributed by atoms with Crippen molar-refractivity contribution >= 4 is 31.3 Å². The average molecular weight is 1150 g/mol. The van der Waals surface area contributed by atoms with Crippen molar-refractivity contribution in [1.82, 2.24) is 10.6 Å². The summed E-state index contributed by atoms with van der Waals surface area (Å²) in [6.07, 6.45) is 20.0. The Hall–Kier alpha value is -4.94. The summed E-state index contributed by atoms with van der Waals surface area (Å²) in [7, 11) is -4.99. The number of hydrogen-bond acceptors (Lipinski definition) is 13. The molecule has 5 fully saturated rings. The number of phosphoric acid groups is 1. The maximum absolute atomic E-state index is 15.2. The number of pyridine rings is 1. The molecule has 446 valence electrons. The van der Waals surface area contributed by atoms with E-state index in [1.807, 2.05) is 19.1 Å². The van der Waals surface area contributed by atoms with E-state index in [4.69, 9.17) is 23.5 Å². The van der Waals surface area contributed by atoms with Gasteiger partial charge in [-0.25, -0.2) is 9.36 Å². The maximum Gasteiger partial charge on any atom is 0.524 e. The zero-order valence-electron chi connectivity index (χ0n) is 48.3. The van der Waals surface area contributed by atoms with Crippen molar-refractivity contribution in [3.8, 4) is 5.75 Å². The molecule has 1 aliphatic heterocycles. The minimum Gasteiger partial charge on any atom is -0.456 e. The van der Waals surface area contributed by atoms with Crippen molar-refractivity contribution in [2.45, 2.75) is 173 Å². The molecule has 5 aliphatic carbocycles. The van der Waals surface area contributed by atoms with E-state index in [1.54, 1.807) is 61.0 Å². The van der Waals surface area contributed by atoms with Crippen LogP contribution in [0.4, 0.5) is 0 Å². The lowest BCUT2D eigenvalue weighted by Crippen LogP contribution is -2.64. The van der Waals surface area contributed by atoms with E-state index in [0.29, 0.717) is 30.5 Å². The number of rotatable bonds is 27. The van der Waals surface area contributed by atoms with Crippen molar-refractivity contribution in [1.29, 1.82) is 0 Å². The van der Waals surface area contributed by atoms with Gasteiger partial charge in [-0.3, -0.25) is 24.2 Å². The van der Waals surface area contributed by atoms with Gasteiger partial charge in [0.2, 0.25) is 5.78 Å². The largest absolute Gasteiger partial charge is 0.524 e. The molecule has 6 N–H and O–H groups in total. The van der Waals surface area contributed by atoms with Crippen LogP contribution in [0, 0.1) is 40.4 Å². The van der Waals surface area contributed by atoms with Gasteiger partial charge in [0.05, 0.1) is 23.9 Å². The third-order valence-electron chi connectivity index (χ3n) is 19.0. The van der Waals surface area contributed by atoms with Crippen LogP contribution in [0.1, 0.15) is 157 Å². The van der Waals surface area contributed by atoms with Crippen LogP contribution in [0.5, 0.6) is 5.75 Å². The fourth-order valence-corrected chi connectivity index (χ4v) is 15.2.